The summed E-state index contributed by atoms with van der Waals surface area (Å²) in [6, 6.07) is 6.70. The average molecular weight is 220 g/mol. The minimum Gasteiger partial charge on any atom is -0.373 e. The van der Waals surface area contributed by atoms with Crippen LogP contribution in [0, 0.1) is 6.92 Å². The third-order valence-corrected chi connectivity index (χ3v) is 2.95. The first kappa shape index (κ1) is 13.0. The zero-order valence-electron chi connectivity index (χ0n) is 11.2. The van der Waals surface area contributed by atoms with Gasteiger partial charge in [0.2, 0.25) is 0 Å². The van der Waals surface area contributed by atoms with E-state index >= 15 is 0 Å². The Morgan fingerprint density at radius 1 is 1.25 bits per heavy atom. The molecule has 2 heteroatoms. The van der Waals surface area contributed by atoms with E-state index in [0.29, 0.717) is 6.54 Å². The lowest BCUT2D eigenvalue weighted by Gasteiger charge is -2.25. The molecule has 2 N–H and O–H groups in total. The second-order valence-electron chi connectivity index (χ2n) is 5.46. The van der Waals surface area contributed by atoms with Crippen molar-refractivity contribution in [2.45, 2.75) is 33.1 Å². The van der Waals surface area contributed by atoms with Crippen molar-refractivity contribution < 1.29 is 0 Å². The Morgan fingerprint density at radius 2 is 1.88 bits per heavy atom. The van der Waals surface area contributed by atoms with Crippen molar-refractivity contribution in [1.29, 1.82) is 0 Å². The first-order valence-corrected chi connectivity index (χ1v) is 5.88. The standard InChI is InChI=1S/C14H24N2/c1-11-6-7-12(14(2,3)4)10-13(11)16(5)9-8-15/h6-7,10H,8-9,15H2,1-5H3. The molecule has 0 aliphatic heterocycles. The zero-order chi connectivity index (χ0) is 12.3. The van der Waals surface area contributed by atoms with Gasteiger partial charge in [-0.3, -0.25) is 0 Å². The van der Waals surface area contributed by atoms with Gasteiger partial charge in [0.15, 0.2) is 0 Å². The maximum Gasteiger partial charge on any atom is 0.0396 e. The number of anilines is 1. The van der Waals surface area contributed by atoms with E-state index in [1.54, 1.807) is 0 Å². The van der Waals surface area contributed by atoms with Gasteiger partial charge >= 0.3 is 0 Å². The van der Waals surface area contributed by atoms with Crippen LogP contribution in [-0.4, -0.2) is 20.1 Å². The second kappa shape index (κ2) is 4.88. The summed E-state index contributed by atoms with van der Waals surface area (Å²) in [4.78, 5) is 2.23. The average Bonchev–Trinajstić information content (AvgIpc) is 2.16. The SMILES string of the molecule is Cc1ccc(C(C)(C)C)cc1N(C)CCN. The largest absolute Gasteiger partial charge is 0.373 e. The molecule has 0 radical (unpaired) electrons. The number of hydrogen-bond donors (Lipinski definition) is 1. The van der Waals surface area contributed by atoms with Gasteiger partial charge in [-0.15, -0.1) is 0 Å². The van der Waals surface area contributed by atoms with Crippen LogP contribution in [0.4, 0.5) is 5.69 Å². The fraction of sp³-hybridized carbons (Fsp3) is 0.571. The van der Waals surface area contributed by atoms with Gasteiger partial charge < -0.3 is 10.6 Å². The third-order valence-electron chi connectivity index (χ3n) is 2.95. The van der Waals surface area contributed by atoms with Crippen molar-refractivity contribution in [3.05, 3.63) is 29.3 Å². The van der Waals surface area contributed by atoms with Crippen LogP contribution in [-0.2, 0) is 5.41 Å². The highest BCUT2D eigenvalue weighted by Gasteiger charge is 2.15. The van der Waals surface area contributed by atoms with Gasteiger partial charge in [0.05, 0.1) is 0 Å². The minimum absolute atomic E-state index is 0.200. The molecule has 0 amide bonds. The molecule has 1 rings (SSSR count). The van der Waals surface area contributed by atoms with Crippen LogP contribution in [0.5, 0.6) is 0 Å². The van der Waals surface area contributed by atoms with E-state index in [9.17, 15) is 0 Å². The number of likely N-dealkylation sites (N-methyl/N-ethyl adjacent to an activating group) is 1. The molecule has 0 saturated heterocycles. The van der Waals surface area contributed by atoms with Crippen molar-refractivity contribution in [2.24, 2.45) is 5.73 Å². The van der Waals surface area contributed by atoms with Crippen molar-refractivity contribution in [2.75, 3.05) is 25.0 Å². The first-order chi connectivity index (χ1) is 7.36. The monoisotopic (exact) mass is 220 g/mol. The molecule has 0 heterocycles. The molecule has 0 fully saturated rings. The predicted molar refractivity (Wildman–Crippen MR) is 72.2 cm³/mol. The summed E-state index contributed by atoms with van der Waals surface area (Å²) in [6.07, 6.45) is 0. The number of rotatable bonds is 3. The number of benzene rings is 1. The fourth-order valence-electron chi connectivity index (χ4n) is 1.80. The van der Waals surface area contributed by atoms with Gasteiger partial charge in [0.25, 0.3) is 0 Å². The Labute approximate surface area is 99.5 Å². The number of aryl methyl sites for hydroxylation is 1. The van der Waals surface area contributed by atoms with Crippen LogP contribution < -0.4 is 10.6 Å². The zero-order valence-corrected chi connectivity index (χ0v) is 11.2. The molecule has 0 atom stereocenters. The van der Waals surface area contributed by atoms with Crippen molar-refractivity contribution in [3.8, 4) is 0 Å². The first-order valence-electron chi connectivity index (χ1n) is 5.88. The molecule has 0 aliphatic rings. The lowest BCUT2D eigenvalue weighted by molar-refractivity contribution is 0.590. The van der Waals surface area contributed by atoms with Gasteiger partial charge in [-0.2, -0.15) is 0 Å². The van der Waals surface area contributed by atoms with Crippen LogP contribution in [0.1, 0.15) is 31.9 Å². The molecule has 1 aromatic carbocycles. The summed E-state index contributed by atoms with van der Waals surface area (Å²) in [5.74, 6) is 0. The summed E-state index contributed by atoms with van der Waals surface area (Å²) in [5, 5.41) is 0. The Hall–Kier alpha value is -1.02. The molecular weight excluding hydrogens is 196 g/mol. The molecule has 0 aromatic heterocycles. The molecule has 0 unspecified atom stereocenters. The van der Waals surface area contributed by atoms with Gasteiger partial charge in [-0.1, -0.05) is 32.9 Å². The van der Waals surface area contributed by atoms with Crippen LogP contribution in [0.15, 0.2) is 18.2 Å². The Kier molecular flexibility index (Phi) is 3.98. The molecular formula is C14H24N2. The van der Waals surface area contributed by atoms with Gasteiger partial charge in [-0.25, -0.2) is 0 Å². The highest BCUT2D eigenvalue weighted by atomic mass is 15.1. The lowest BCUT2D eigenvalue weighted by Crippen LogP contribution is -2.26. The normalized spacial score (nSPS) is 11.6. The Morgan fingerprint density at radius 3 is 2.38 bits per heavy atom. The van der Waals surface area contributed by atoms with Gasteiger partial charge in [0, 0.05) is 25.8 Å². The van der Waals surface area contributed by atoms with Crippen LogP contribution in [0.25, 0.3) is 0 Å². The maximum absolute atomic E-state index is 5.60. The summed E-state index contributed by atoms with van der Waals surface area (Å²) in [7, 11) is 2.10. The number of nitrogens with two attached hydrogens (primary N) is 1. The summed E-state index contributed by atoms with van der Waals surface area (Å²) < 4.78 is 0. The number of hydrogen-bond acceptors (Lipinski definition) is 2. The Bertz CT molecular complexity index is 350. The van der Waals surface area contributed by atoms with Gasteiger partial charge in [0.1, 0.15) is 0 Å². The highest BCUT2D eigenvalue weighted by molar-refractivity contribution is 5.55. The molecule has 0 bridgehead atoms. The molecule has 1 aromatic rings. The topological polar surface area (TPSA) is 29.3 Å². The summed E-state index contributed by atoms with van der Waals surface area (Å²) in [6.45, 7) is 10.5. The third kappa shape index (κ3) is 2.99. The van der Waals surface area contributed by atoms with E-state index < -0.39 is 0 Å². The minimum atomic E-state index is 0.200. The molecule has 90 valence electrons. The number of nitrogens with zero attached hydrogens (tertiary/aromatic N) is 1. The fourth-order valence-corrected chi connectivity index (χ4v) is 1.80. The molecule has 0 spiro atoms. The summed E-state index contributed by atoms with van der Waals surface area (Å²) in [5.41, 5.74) is 9.77. The van der Waals surface area contributed by atoms with Crippen molar-refractivity contribution >= 4 is 5.69 Å². The van der Waals surface area contributed by atoms with Crippen LogP contribution >= 0.6 is 0 Å². The van der Waals surface area contributed by atoms with Crippen molar-refractivity contribution in [1.82, 2.24) is 0 Å². The molecule has 16 heavy (non-hydrogen) atoms. The van der Waals surface area contributed by atoms with E-state index in [2.05, 4.69) is 57.8 Å². The molecule has 0 saturated carbocycles. The van der Waals surface area contributed by atoms with E-state index in [1.807, 2.05) is 0 Å². The lowest BCUT2D eigenvalue weighted by atomic mass is 9.86. The van der Waals surface area contributed by atoms with Crippen molar-refractivity contribution in [3.63, 3.8) is 0 Å². The van der Waals surface area contributed by atoms with E-state index in [1.165, 1.54) is 16.8 Å². The molecule has 0 aliphatic carbocycles. The summed E-state index contributed by atoms with van der Waals surface area (Å²) >= 11 is 0. The smallest absolute Gasteiger partial charge is 0.0396 e. The quantitative estimate of drug-likeness (QED) is 0.848. The highest BCUT2D eigenvalue weighted by Crippen LogP contribution is 2.28. The maximum atomic E-state index is 5.60. The predicted octanol–water partition coefficient (Wildman–Crippen LogP) is 2.69. The van der Waals surface area contributed by atoms with E-state index in [0.717, 1.165) is 6.54 Å². The molecule has 2 nitrogen and oxygen atoms in total. The van der Waals surface area contributed by atoms with E-state index in [4.69, 9.17) is 5.73 Å². The Balaban J connectivity index is 3.09. The van der Waals surface area contributed by atoms with Crippen LogP contribution in [0.2, 0.25) is 0 Å². The van der Waals surface area contributed by atoms with E-state index in [-0.39, 0.29) is 5.41 Å². The van der Waals surface area contributed by atoms with Gasteiger partial charge in [-0.05, 0) is 29.5 Å². The van der Waals surface area contributed by atoms with Crippen LogP contribution in [0.3, 0.4) is 0 Å². The second-order valence-corrected chi connectivity index (χ2v) is 5.46.